The molecule has 111 heavy (non-hydrogen) atoms. The molecule has 0 atom stereocenters. The molecule has 24 heteroatoms. The Kier molecular flexibility index (Phi) is 35.4. The predicted octanol–water partition coefficient (Wildman–Crippen LogP) is 22.6. The fraction of sp³-hybridized carbons (Fsp3) is 0.276. The summed E-state index contributed by atoms with van der Waals surface area (Å²) in [4.78, 5) is 17.9. The Morgan fingerprint density at radius 3 is 0.910 bits per heavy atom. The van der Waals surface area contributed by atoms with E-state index in [4.69, 9.17) is 17.3 Å². The van der Waals surface area contributed by atoms with Crippen LogP contribution in [0.25, 0.3) is 12.2 Å². The first-order valence-electron chi connectivity index (χ1n) is 35.2. The molecule has 9 rings (SSSR count). The molecule has 0 spiro atoms. The predicted molar refractivity (Wildman–Crippen MR) is 473 cm³/mol. The van der Waals surface area contributed by atoms with Gasteiger partial charge in [-0.2, -0.15) is 0 Å². The minimum Gasteiger partial charge on any atom is -0.623 e. The molecule has 1 aliphatic carbocycles. The Balaban J connectivity index is 0.000000257. The lowest BCUT2D eigenvalue weighted by Crippen LogP contribution is -2.34. The van der Waals surface area contributed by atoms with Crippen molar-refractivity contribution in [3.63, 3.8) is 0 Å². The number of hydrogen-bond acceptors (Lipinski definition) is 18. The Morgan fingerprint density at radius 2 is 0.631 bits per heavy atom. The quantitative estimate of drug-likeness (QED) is 0.0102. The summed E-state index contributed by atoms with van der Waals surface area (Å²) in [5.74, 6) is -1.33. The van der Waals surface area contributed by atoms with E-state index in [1.54, 1.807) is 98.6 Å². The zero-order valence-corrected chi connectivity index (χ0v) is 71.8. The van der Waals surface area contributed by atoms with Crippen molar-refractivity contribution < 1.29 is 54.1 Å². The molecule has 8 aromatic carbocycles. The number of allylic oxidation sites excluding steroid dienone is 5. The maximum absolute atomic E-state index is 12.0. The molecule has 1 aliphatic rings. The molecule has 0 fully saturated rings. The van der Waals surface area contributed by atoms with Gasteiger partial charge in [0, 0.05) is 178 Å². The number of nitrogens with zero attached hydrogens (tertiary/aromatic N) is 6. The zero-order chi connectivity index (χ0) is 82.7. The molecule has 0 radical (unpaired) electrons. The average Bonchev–Trinajstić information content (AvgIpc) is 0.867. The monoisotopic (exact) mass is 1630 g/mol. The number of rotatable bonds is 18. The number of phenols is 3. The fourth-order valence-electron chi connectivity index (χ4n) is 8.08. The number of phenolic OH excluding ortho intramolecular Hbond substituents is 2. The number of hydrogen-bond donors (Lipinski definition) is 5. The Morgan fingerprint density at radius 1 is 0.360 bits per heavy atom. The number of aromatic hydroxyl groups is 3. The molecule has 588 valence electrons. The molecular weight excluding hydrogens is 1530 g/mol. The van der Waals surface area contributed by atoms with Crippen LogP contribution in [-0.2, 0) is 0 Å². The molecule has 17 nitrogen and oxygen atoms in total. The molecule has 0 unspecified atom stereocenters. The van der Waals surface area contributed by atoms with Crippen LogP contribution in [0.3, 0.4) is 0 Å². The molecule has 0 aliphatic heterocycles. The normalized spacial score (nSPS) is 13.2. The Bertz CT molecular complexity index is 4540. The SMILES string of the molecule is CC(C)(C)N(O)C=C1C=CC(=S)C=C1.CC(C)(C)[N+]([O-])=Cc1ccc(SSc2ccc(/C=C/c3cc(O)cc(O)c3)cc2)cc1.CC(C)(C)[N+]([O-])=Cc1ccc(SSc2ccc(C(=O)O)c(O)c2)cc1.CC(C)(C)[N+]([O-])=Cc1ccc(SSc2ccc(C=[N+]([O-])C(C)(C)C)cc2)cc1.CC(C)(C)[N+]([O-])=Cc1ccccc1. The third kappa shape index (κ3) is 35.0. The van der Waals surface area contributed by atoms with Gasteiger partial charge in [0.1, 0.15) is 22.8 Å². The molecule has 0 saturated carbocycles. The smallest absolute Gasteiger partial charge is 0.339 e. The summed E-state index contributed by atoms with van der Waals surface area (Å²) in [6.07, 6.45) is 21.0. The average molecular weight is 1630 g/mol. The number of aromatic carboxylic acids is 1. The number of carboxylic acid groups (broad SMARTS) is 1. The maximum Gasteiger partial charge on any atom is 0.339 e. The van der Waals surface area contributed by atoms with Gasteiger partial charge in [-0.3, -0.25) is 10.3 Å². The lowest BCUT2D eigenvalue weighted by Gasteiger charge is -2.28. The van der Waals surface area contributed by atoms with Crippen molar-refractivity contribution in [3.8, 4) is 17.2 Å². The molecule has 0 amide bonds. The number of thiocarbonyl (C=S) groups is 1. The van der Waals surface area contributed by atoms with E-state index in [2.05, 4.69) is 12.1 Å². The Labute approximate surface area is 684 Å². The molecule has 8 aromatic rings. The molecule has 0 saturated heterocycles. The van der Waals surface area contributed by atoms with E-state index < -0.39 is 28.1 Å². The minimum absolute atomic E-state index is 0.0360. The summed E-state index contributed by atoms with van der Waals surface area (Å²) in [7, 11) is 9.55. The van der Waals surface area contributed by atoms with Crippen molar-refractivity contribution in [3.05, 3.63) is 295 Å². The van der Waals surface area contributed by atoms with E-state index in [9.17, 15) is 51.4 Å². The van der Waals surface area contributed by atoms with Gasteiger partial charge in [0.2, 0.25) is 0 Å². The van der Waals surface area contributed by atoms with Crippen LogP contribution in [0, 0.1) is 26.0 Å². The van der Waals surface area contributed by atoms with E-state index in [-0.39, 0.29) is 33.9 Å². The van der Waals surface area contributed by atoms with E-state index in [1.807, 2.05) is 301 Å². The van der Waals surface area contributed by atoms with Crippen molar-refractivity contribution in [2.24, 2.45) is 0 Å². The summed E-state index contributed by atoms with van der Waals surface area (Å²) in [5, 5.41) is 108. The molecule has 5 N–H and O–H groups in total. The summed E-state index contributed by atoms with van der Waals surface area (Å²) in [6.45, 7) is 34.0. The third-order valence-corrected chi connectivity index (χ3v) is 22.5. The largest absolute Gasteiger partial charge is 0.623 e. The van der Waals surface area contributed by atoms with Crippen molar-refractivity contribution in [1.82, 2.24) is 5.06 Å². The minimum atomic E-state index is -1.16. The van der Waals surface area contributed by atoms with Gasteiger partial charge in [0.25, 0.3) is 0 Å². The highest BCUT2D eigenvalue weighted by atomic mass is 33.1. The van der Waals surface area contributed by atoms with E-state index in [1.165, 1.54) is 44.9 Å². The van der Waals surface area contributed by atoms with Crippen molar-refractivity contribution >= 4 is 131 Å². The van der Waals surface area contributed by atoms with Crippen LogP contribution >= 0.6 is 77.0 Å². The van der Waals surface area contributed by atoms with E-state index in [0.29, 0.717) is 0 Å². The lowest BCUT2D eigenvalue weighted by atomic mass is 10.1. The highest BCUT2D eigenvalue weighted by molar-refractivity contribution is 8.77. The number of hydroxylamine groups is 7. The van der Waals surface area contributed by atoms with Gasteiger partial charge in [-0.05, 0) is 201 Å². The fourth-order valence-corrected chi connectivity index (χ4v) is 14.0. The zero-order valence-electron chi connectivity index (χ0n) is 66.1. The van der Waals surface area contributed by atoms with Crippen LogP contribution in [0.15, 0.2) is 254 Å². The molecule has 0 bridgehead atoms. The van der Waals surface area contributed by atoms with Gasteiger partial charge < -0.3 is 46.5 Å². The highest BCUT2D eigenvalue weighted by Gasteiger charge is 2.23. The van der Waals surface area contributed by atoms with Crippen molar-refractivity contribution in [2.45, 2.75) is 187 Å². The highest BCUT2D eigenvalue weighted by Crippen LogP contribution is 2.41. The standard InChI is InChI=1S/C25H25NO3S2.C22H28N2O2S2.C18H19NO4S2.C11H15NOS.C11H15NO/c1-25(2,3)26(29)17-19-8-12-24(13-9-19)31-30-23-10-6-18(7-11-23)4-5-20-14-21(27)16-22(28)15-20;1-21(2,3)23(25)15-17-7-11-19(12-8-17)27-28-20-13-9-18(10-14-20)16-24(26)22(4,5)6;1-18(2,3)19(23)11-12-4-6-13(7-5-12)24-25-14-8-9-15(17(21)22)16(20)10-14;1-11(2,3)12(13)8-9-4-6-10(14)7-5-9;1-11(2,3)12(13)9-10-7-5-4-6-8-10/h4-17,27-28H,1-3H3;7-16H,1-6H3;4-11,20H,1-3H3,(H,21,22);4-8,13H,1-3H3;4-9H,1-3H3/b5-4+,26-17?;;;;. The van der Waals surface area contributed by atoms with E-state index >= 15 is 0 Å². The van der Waals surface area contributed by atoms with E-state index in [0.717, 1.165) is 102 Å². The second kappa shape index (κ2) is 42.5. The van der Waals surface area contributed by atoms with Gasteiger partial charge in [0.15, 0.2) is 58.8 Å². The number of benzene rings is 8. The summed E-state index contributed by atoms with van der Waals surface area (Å²) < 4.78 is 4.83. The van der Waals surface area contributed by atoms with Gasteiger partial charge in [-0.1, -0.05) is 132 Å². The van der Waals surface area contributed by atoms with Crippen molar-refractivity contribution in [2.75, 3.05) is 0 Å². The molecular formula is C87H102N6O11S7. The van der Waals surface area contributed by atoms with Gasteiger partial charge in [-0.25, -0.2) is 28.5 Å². The van der Waals surface area contributed by atoms with Crippen LogP contribution in [0.4, 0.5) is 0 Å². The number of carbonyl (C=O) groups is 1. The summed E-state index contributed by atoms with van der Waals surface area (Å²) >= 11 is 4.97. The summed E-state index contributed by atoms with van der Waals surface area (Å²) in [6, 6.07) is 58.1. The van der Waals surface area contributed by atoms with Gasteiger partial charge in [-0.15, -0.1) is 0 Å². The molecule has 0 aromatic heterocycles. The first-order valence-corrected chi connectivity index (χ1v) is 42.1. The topological polar surface area (TPSA) is 252 Å². The van der Waals surface area contributed by atoms with Crippen LogP contribution in [0.5, 0.6) is 17.2 Å². The van der Waals surface area contributed by atoms with Crippen molar-refractivity contribution in [1.29, 1.82) is 0 Å². The second-order valence-corrected chi connectivity index (χ2v) is 38.5. The van der Waals surface area contributed by atoms with Gasteiger partial charge in [0.05, 0.1) is 5.54 Å². The lowest BCUT2D eigenvalue weighted by molar-refractivity contribution is -0.530. The first kappa shape index (κ1) is 92.5. The van der Waals surface area contributed by atoms with Gasteiger partial charge >= 0.3 is 5.97 Å². The van der Waals surface area contributed by atoms with Crippen LogP contribution in [0.2, 0.25) is 0 Å². The Hall–Kier alpha value is -9.11. The summed E-state index contributed by atoms with van der Waals surface area (Å²) in [5.41, 5.74) is 4.54. The first-order chi connectivity index (χ1) is 51.7. The third-order valence-electron chi connectivity index (χ3n) is 15.0. The second-order valence-electron chi connectivity index (χ2n) is 31.2. The molecule has 0 heterocycles. The number of carboxylic acids is 1. The van der Waals surface area contributed by atoms with Crippen LogP contribution in [-0.4, -0.2) is 130 Å². The van der Waals surface area contributed by atoms with Crippen LogP contribution < -0.4 is 0 Å². The maximum atomic E-state index is 12.0. The van der Waals surface area contributed by atoms with Crippen LogP contribution in [0.1, 0.15) is 174 Å².